The summed E-state index contributed by atoms with van der Waals surface area (Å²) in [7, 11) is -3.86. The third-order valence-electron chi connectivity index (χ3n) is 6.51. The molecule has 1 aromatic heterocycles. The molecule has 1 saturated heterocycles. The number of hydrogen-bond donors (Lipinski definition) is 1. The van der Waals surface area contributed by atoms with E-state index in [0.29, 0.717) is 52.3 Å². The van der Waals surface area contributed by atoms with Gasteiger partial charge in [-0.15, -0.1) is 11.3 Å². The molecule has 0 spiro atoms. The molecule has 1 aliphatic rings. The van der Waals surface area contributed by atoms with Gasteiger partial charge in [0, 0.05) is 29.2 Å². The van der Waals surface area contributed by atoms with E-state index in [1.54, 1.807) is 47.4 Å². The highest BCUT2D eigenvalue weighted by atomic mass is 35.5. The van der Waals surface area contributed by atoms with E-state index in [4.69, 9.17) is 11.6 Å². The van der Waals surface area contributed by atoms with Crippen LogP contribution in [0.2, 0.25) is 5.02 Å². The molecule has 6 nitrogen and oxygen atoms in total. The fraction of sp³-hybridized carbons (Fsp3) is 0.231. The second-order valence-electron chi connectivity index (χ2n) is 8.86. The SMILES string of the molecule is O=C(c1ccc(CS(=O)(=O)c2cc(F)cc3scnc23)cc1)N1CCC(O)(c2ccccc2Cl)CC1. The lowest BCUT2D eigenvalue weighted by atomic mass is 9.84. The number of amides is 1. The van der Waals surface area contributed by atoms with Crippen LogP contribution in [-0.2, 0) is 21.2 Å². The Labute approximate surface area is 216 Å². The van der Waals surface area contributed by atoms with Crippen molar-refractivity contribution in [3.05, 3.63) is 93.7 Å². The molecule has 3 aromatic carbocycles. The van der Waals surface area contributed by atoms with E-state index in [1.165, 1.54) is 22.9 Å². The average Bonchev–Trinajstić information content (AvgIpc) is 3.32. The lowest BCUT2D eigenvalue weighted by molar-refractivity contribution is -0.0210. The Balaban J connectivity index is 1.28. The Bertz CT molecular complexity index is 1550. The molecule has 0 saturated carbocycles. The minimum atomic E-state index is -3.86. The second-order valence-corrected chi connectivity index (χ2v) is 12.1. The first kappa shape index (κ1) is 24.8. The zero-order chi connectivity index (χ0) is 25.5. The maximum atomic E-state index is 14.0. The summed E-state index contributed by atoms with van der Waals surface area (Å²) in [5.41, 5.74) is 2.22. The highest BCUT2D eigenvalue weighted by molar-refractivity contribution is 7.90. The van der Waals surface area contributed by atoms with Gasteiger partial charge in [0.2, 0.25) is 0 Å². The Morgan fingerprint density at radius 1 is 1.11 bits per heavy atom. The third-order valence-corrected chi connectivity index (χ3v) is 9.31. The number of sulfone groups is 1. The van der Waals surface area contributed by atoms with E-state index in [2.05, 4.69) is 4.98 Å². The monoisotopic (exact) mass is 544 g/mol. The number of likely N-dealkylation sites (tertiary alicyclic amines) is 1. The maximum absolute atomic E-state index is 14.0. The first-order valence-corrected chi connectivity index (χ1v) is 14.2. The van der Waals surface area contributed by atoms with Crippen molar-refractivity contribution in [2.24, 2.45) is 0 Å². The van der Waals surface area contributed by atoms with Crippen LogP contribution in [0.3, 0.4) is 0 Å². The number of piperidine rings is 1. The summed E-state index contributed by atoms with van der Waals surface area (Å²) in [6, 6.07) is 15.8. The van der Waals surface area contributed by atoms with Crippen molar-refractivity contribution in [1.82, 2.24) is 9.88 Å². The Morgan fingerprint density at radius 3 is 2.50 bits per heavy atom. The van der Waals surface area contributed by atoms with E-state index < -0.39 is 21.3 Å². The van der Waals surface area contributed by atoms with Crippen LogP contribution in [0.25, 0.3) is 10.2 Å². The van der Waals surface area contributed by atoms with E-state index in [9.17, 15) is 22.7 Å². The summed E-state index contributed by atoms with van der Waals surface area (Å²) < 4.78 is 40.5. The molecular formula is C26H22ClFN2O4S2. The number of nitrogens with zero attached hydrogens (tertiary/aromatic N) is 2. The zero-order valence-corrected chi connectivity index (χ0v) is 21.4. The Kier molecular flexibility index (Phi) is 6.59. The van der Waals surface area contributed by atoms with Crippen LogP contribution >= 0.6 is 22.9 Å². The van der Waals surface area contributed by atoms with Gasteiger partial charge in [-0.2, -0.15) is 0 Å². The standard InChI is InChI=1S/C26H22ClFN2O4S2/c27-21-4-2-1-3-20(21)26(32)9-11-30(12-10-26)25(31)18-7-5-17(6-8-18)15-36(33,34)23-14-19(28)13-22-24(23)29-16-35-22/h1-8,13-14,16,32H,9-12,15H2. The van der Waals surface area contributed by atoms with Crippen molar-refractivity contribution < 1.29 is 22.7 Å². The molecule has 0 bridgehead atoms. The van der Waals surface area contributed by atoms with E-state index in [0.717, 1.165) is 6.07 Å². The summed E-state index contributed by atoms with van der Waals surface area (Å²) in [6.07, 6.45) is 0.717. The van der Waals surface area contributed by atoms with Crippen LogP contribution in [-0.4, -0.2) is 42.4 Å². The number of aliphatic hydroxyl groups is 1. The molecule has 4 aromatic rings. The molecule has 0 atom stereocenters. The van der Waals surface area contributed by atoms with Crippen molar-refractivity contribution in [1.29, 1.82) is 0 Å². The largest absolute Gasteiger partial charge is 0.385 e. The fourth-order valence-electron chi connectivity index (χ4n) is 4.55. The zero-order valence-electron chi connectivity index (χ0n) is 19.0. The van der Waals surface area contributed by atoms with Gasteiger partial charge >= 0.3 is 0 Å². The van der Waals surface area contributed by atoms with Gasteiger partial charge in [-0.1, -0.05) is 41.9 Å². The van der Waals surface area contributed by atoms with Gasteiger partial charge in [0.25, 0.3) is 5.91 Å². The molecule has 186 valence electrons. The number of aromatic nitrogens is 1. The quantitative estimate of drug-likeness (QED) is 0.374. The van der Waals surface area contributed by atoms with Crippen LogP contribution in [0.1, 0.15) is 34.3 Å². The molecule has 5 rings (SSSR count). The molecule has 2 heterocycles. The topological polar surface area (TPSA) is 87.6 Å². The normalized spacial score (nSPS) is 15.8. The Hall–Kier alpha value is -2.85. The van der Waals surface area contributed by atoms with Gasteiger partial charge in [0.05, 0.1) is 26.5 Å². The van der Waals surface area contributed by atoms with E-state index in [1.807, 2.05) is 6.07 Å². The van der Waals surface area contributed by atoms with Gasteiger partial charge in [-0.25, -0.2) is 17.8 Å². The average molecular weight is 545 g/mol. The number of carbonyl (C=O) groups excluding carboxylic acids is 1. The number of benzene rings is 3. The summed E-state index contributed by atoms with van der Waals surface area (Å²) in [5.74, 6) is -1.17. The minimum Gasteiger partial charge on any atom is -0.385 e. The number of hydrogen-bond acceptors (Lipinski definition) is 6. The second kappa shape index (κ2) is 9.55. The van der Waals surface area contributed by atoms with Crippen LogP contribution in [0.5, 0.6) is 0 Å². The van der Waals surface area contributed by atoms with Gasteiger partial charge in [0.15, 0.2) is 9.84 Å². The molecule has 0 radical (unpaired) electrons. The Morgan fingerprint density at radius 2 is 1.81 bits per heavy atom. The lowest BCUT2D eigenvalue weighted by Gasteiger charge is -2.39. The maximum Gasteiger partial charge on any atom is 0.253 e. The van der Waals surface area contributed by atoms with Crippen LogP contribution in [0, 0.1) is 5.82 Å². The van der Waals surface area contributed by atoms with Crippen molar-refractivity contribution in [3.8, 4) is 0 Å². The predicted molar refractivity (Wildman–Crippen MR) is 137 cm³/mol. The lowest BCUT2D eigenvalue weighted by Crippen LogP contribution is -2.45. The summed E-state index contributed by atoms with van der Waals surface area (Å²) in [6.45, 7) is 0.722. The highest BCUT2D eigenvalue weighted by Crippen LogP contribution is 2.37. The van der Waals surface area contributed by atoms with E-state index >= 15 is 0 Å². The van der Waals surface area contributed by atoms with Crippen LogP contribution < -0.4 is 0 Å². The summed E-state index contributed by atoms with van der Waals surface area (Å²) >= 11 is 7.44. The first-order valence-electron chi connectivity index (χ1n) is 11.3. The molecule has 1 amide bonds. The minimum absolute atomic E-state index is 0.141. The highest BCUT2D eigenvalue weighted by Gasteiger charge is 2.37. The van der Waals surface area contributed by atoms with Crippen molar-refractivity contribution in [2.75, 3.05) is 13.1 Å². The third kappa shape index (κ3) is 4.76. The van der Waals surface area contributed by atoms with Crippen LogP contribution in [0.15, 0.2) is 71.1 Å². The molecular weight excluding hydrogens is 523 g/mol. The number of carbonyl (C=O) groups is 1. The van der Waals surface area contributed by atoms with Gasteiger partial charge in [-0.05, 0) is 48.7 Å². The molecule has 1 aliphatic heterocycles. The molecule has 0 aliphatic carbocycles. The number of rotatable bonds is 5. The molecule has 10 heteroatoms. The first-order chi connectivity index (χ1) is 17.2. The van der Waals surface area contributed by atoms with E-state index in [-0.39, 0.29) is 22.1 Å². The summed E-state index contributed by atoms with van der Waals surface area (Å²) in [5, 5.41) is 11.6. The number of halogens is 2. The van der Waals surface area contributed by atoms with Crippen molar-refractivity contribution in [3.63, 3.8) is 0 Å². The predicted octanol–water partition coefficient (Wildman–Crippen LogP) is 5.19. The molecule has 0 unspecified atom stereocenters. The fourth-order valence-corrected chi connectivity index (χ4v) is 7.19. The number of thiazole rings is 1. The van der Waals surface area contributed by atoms with Crippen molar-refractivity contribution >= 4 is 48.9 Å². The summed E-state index contributed by atoms with van der Waals surface area (Å²) in [4.78, 5) is 18.7. The van der Waals surface area contributed by atoms with Crippen LogP contribution in [0.4, 0.5) is 4.39 Å². The molecule has 1 N–H and O–H groups in total. The number of fused-ring (bicyclic) bond motifs is 1. The van der Waals surface area contributed by atoms with Crippen molar-refractivity contribution in [2.45, 2.75) is 29.1 Å². The van der Waals surface area contributed by atoms with Gasteiger partial charge in [-0.3, -0.25) is 4.79 Å². The van der Waals surface area contributed by atoms with Gasteiger partial charge in [0.1, 0.15) is 11.3 Å². The van der Waals surface area contributed by atoms with Gasteiger partial charge < -0.3 is 10.0 Å². The smallest absolute Gasteiger partial charge is 0.253 e. The molecule has 36 heavy (non-hydrogen) atoms. The molecule has 1 fully saturated rings.